The van der Waals surface area contributed by atoms with Crippen LogP contribution in [0.2, 0.25) is 0 Å². The van der Waals surface area contributed by atoms with Gasteiger partial charge < -0.3 is 5.32 Å². The molecule has 88 valence electrons. The van der Waals surface area contributed by atoms with Crippen LogP contribution in [0.1, 0.15) is 25.3 Å². The highest BCUT2D eigenvalue weighted by molar-refractivity contribution is 5.47. The molecule has 0 bridgehead atoms. The molecular weight excluding hydrogens is 208 g/mol. The topological polar surface area (TPSA) is 12.0 Å². The summed E-state index contributed by atoms with van der Waals surface area (Å²) in [6.45, 7) is 7.10. The number of benzene rings is 1. The Morgan fingerprint density at radius 1 is 1.38 bits per heavy atom. The smallest absolute Gasteiger partial charge is 0.146 e. The van der Waals surface area contributed by atoms with Gasteiger partial charge in [0, 0.05) is 12.1 Å². The molecule has 1 rings (SSSR count). The number of aryl methyl sites for hydroxylation is 1. The van der Waals surface area contributed by atoms with E-state index in [1.807, 2.05) is 13.0 Å². The Bertz CT molecular complexity index is 374. The molecule has 0 aliphatic heterocycles. The van der Waals surface area contributed by atoms with Gasteiger partial charge in [-0.1, -0.05) is 6.08 Å². The number of nitrogens with one attached hydrogen (secondary N) is 1. The average molecular weight is 225 g/mol. The molecule has 1 nitrogen and oxygen atoms in total. The molecule has 1 aromatic rings. The molecule has 0 fully saturated rings. The van der Waals surface area contributed by atoms with Crippen LogP contribution < -0.4 is 5.32 Å². The van der Waals surface area contributed by atoms with E-state index in [4.69, 9.17) is 0 Å². The van der Waals surface area contributed by atoms with Gasteiger partial charge in [-0.2, -0.15) is 0 Å². The van der Waals surface area contributed by atoms with E-state index in [1.54, 1.807) is 6.92 Å². The zero-order chi connectivity index (χ0) is 12.1. The zero-order valence-electron chi connectivity index (χ0n) is 9.69. The van der Waals surface area contributed by atoms with Crippen molar-refractivity contribution in [2.24, 2.45) is 0 Å². The van der Waals surface area contributed by atoms with Crippen molar-refractivity contribution >= 4 is 5.69 Å². The minimum absolute atomic E-state index is 0.0922. The largest absolute Gasteiger partial charge is 0.380 e. The molecule has 3 heteroatoms. The van der Waals surface area contributed by atoms with E-state index < -0.39 is 5.82 Å². The quantitative estimate of drug-likeness (QED) is 0.746. The Kier molecular flexibility index (Phi) is 4.47. The third-order valence-electron chi connectivity index (χ3n) is 2.45. The van der Waals surface area contributed by atoms with Gasteiger partial charge in [-0.25, -0.2) is 8.78 Å². The number of hydrogen-bond donors (Lipinski definition) is 1. The lowest BCUT2D eigenvalue weighted by atomic mass is 10.1. The van der Waals surface area contributed by atoms with Gasteiger partial charge in [0.25, 0.3) is 0 Å². The van der Waals surface area contributed by atoms with Crippen LogP contribution in [-0.4, -0.2) is 6.04 Å². The van der Waals surface area contributed by atoms with Crippen molar-refractivity contribution in [1.29, 1.82) is 0 Å². The van der Waals surface area contributed by atoms with E-state index in [1.165, 1.54) is 12.1 Å². The van der Waals surface area contributed by atoms with E-state index in [0.29, 0.717) is 5.56 Å². The van der Waals surface area contributed by atoms with Crippen LogP contribution in [0.5, 0.6) is 0 Å². The summed E-state index contributed by atoms with van der Waals surface area (Å²) in [5.41, 5.74) is 0.543. The van der Waals surface area contributed by atoms with Crippen molar-refractivity contribution in [3.05, 3.63) is 42.0 Å². The second-order valence-corrected chi connectivity index (χ2v) is 3.99. The van der Waals surface area contributed by atoms with Crippen LogP contribution in [0.4, 0.5) is 14.5 Å². The normalized spacial score (nSPS) is 12.2. The van der Waals surface area contributed by atoms with E-state index in [2.05, 4.69) is 11.9 Å². The first-order chi connectivity index (χ1) is 7.54. The first-order valence-electron chi connectivity index (χ1n) is 5.37. The fourth-order valence-corrected chi connectivity index (χ4v) is 1.46. The van der Waals surface area contributed by atoms with Gasteiger partial charge in [-0.15, -0.1) is 6.58 Å². The summed E-state index contributed by atoms with van der Waals surface area (Å²) in [6.07, 6.45) is 3.51. The highest BCUT2D eigenvalue weighted by Gasteiger charge is 2.09. The second kappa shape index (κ2) is 5.64. The van der Waals surface area contributed by atoms with E-state index in [-0.39, 0.29) is 17.5 Å². The lowest BCUT2D eigenvalue weighted by Crippen LogP contribution is -2.15. The van der Waals surface area contributed by atoms with Gasteiger partial charge in [0.05, 0.1) is 5.69 Å². The molecule has 0 saturated heterocycles. The third kappa shape index (κ3) is 3.33. The average Bonchev–Trinajstić information content (AvgIpc) is 2.23. The number of anilines is 1. The van der Waals surface area contributed by atoms with E-state index in [9.17, 15) is 8.78 Å². The molecule has 0 saturated carbocycles. The molecule has 1 unspecified atom stereocenters. The Labute approximate surface area is 95.2 Å². The van der Waals surface area contributed by atoms with Gasteiger partial charge in [0.2, 0.25) is 0 Å². The third-order valence-corrected chi connectivity index (χ3v) is 2.45. The van der Waals surface area contributed by atoms with Crippen molar-refractivity contribution in [2.75, 3.05) is 5.32 Å². The predicted octanol–water partition coefficient (Wildman–Crippen LogP) is 4.04. The molecule has 0 amide bonds. The lowest BCUT2D eigenvalue weighted by Gasteiger charge is -2.15. The molecular formula is C13H17F2N. The number of hydrogen-bond acceptors (Lipinski definition) is 1. The van der Waals surface area contributed by atoms with Crippen molar-refractivity contribution in [3.8, 4) is 0 Å². The standard InChI is InChI=1S/C13H17F2N/c1-4-5-6-10(3)16-13-8-11(14)9(2)7-12(13)15/h4,7-8,10,16H,1,5-6H2,2-3H3. The van der Waals surface area contributed by atoms with Gasteiger partial charge in [0.15, 0.2) is 0 Å². The molecule has 0 aliphatic rings. The monoisotopic (exact) mass is 225 g/mol. The fourth-order valence-electron chi connectivity index (χ4n) is 1.46. The molecule has 16 heavy (non-hydrogen) atoms. The SMILES string of the molecule is C=CCCC(C)Nc1cc(F)c(C)cc1F. The van der Waals surface area contributed by atoms with E-state index >= 15 is 0 Å². The van der Waals surface area contributed by atoms with Crippen molar-refractivity contribution in [2.45, 2.75) is 32.7 Å². The minimum Gasteiger partial charge on any atom is -0.380 e. The Morgan fingerprint density at radius 3 is 2.69 bits per heavy atom. The Hall–Kier alpha value is -1.38. The Morgan fingerprint density at radius 2 is 2.06 bits per heavy atom. The van der Waals surface area contributed by atoms with Gasteiger partial charge in [-0.05, 0) is 38.3 Å². The molecule has 0 spiro atoms. The predicted molar refractivity (Wildman–Crippen MR) is 63.6 cm³/mol. The zero-order valence-corrected chi connectivity index (χ0v) is 9.69. The number of rotatable bonds is 5. The molecule has 1 N–H and O–H groups in total. The molecule has 0 radical (unpaired) electrons. The van der Waals surface area contributed by atoms with Crippen LogP contribution in [0.25, 0.3) is 0 Å². The maximum absolute atomic E-state index is 13.5. The molecule has 0 aromatic heterocycles. The first-order valence-corrected chi connectivity index (χ1v) is 5.37. The van der Waals surface area contributed by atoms with Crippen molar-refractivity contribution < 1.29 is 8.78 Å². The van der Waals surface area contributed by atoms with Crippen LogP contribution in [0.3, 0.4) is 0 Å². The fraction of sp³-hybridized carbons (Fsp3) is 0.385. The summed E-state index contributed by atoms with van der Waals surface area (Å²) >= 11 is 0. The van der Waals surface area contributed by atoms with Gasteiger partial charge >= 0.3 is 0 Å². The summed E-state index contributed by atoms with van der Waals surface area (Å²) in [5, 5.41) is 2.95. The lowest BCUT2D eigenvalue weighted by molar-refractivity contribution is 0.590. The Balaban J connectivity index is 2.73. The van der Waals surface area contributed by atoms with Crippen molar-refractivity contribution in [1.82, 2.24) is 0 Å². The number of allylic oxidation sites excluding steroid dienone is 1. The first kappa shape index (κ1) is 12.7. The van der Waals surface area contributed by atoms with Crippen LogP contribution >= 0.6 is 0 Å². The highest BCUT2D eigenvalue weighted by Crippen LogP contribution is 2.20. The summed E-state index contributed by atoms with van der Waals surface area (Å²) < 4.78 is 26.7. The molecule has 1 aromatic carbocycles. The second-order valence-electron chi connectivity index (χ2n) is 3.99. The van der Waals surface area contributed by atoms with Crippen LogP contribution in [-0.2, 0) is 0 Å². The van der Waals surface area contributed by atoms with Crippen LogP contribution in [0.15, 0.2) is 24.8 Å². The minimum atomic E-state index is -0.413. The summed E-state index contributed by atoms with van der Waals surface area (Å²) in [7, 11) is 0. The van der Waals surface area contributed by atoms with Crippen molar-refractivity contribution in [3.63, 3.8) is 0 Å². The molecule has 1 atom stereocenters. The maximum Gasteiger partial charge on any atom is 0.146 e. The van der Waals surface area contributed by atoms with Gasteiger partial charge in [0.1, 0.15) is 11.6 Å². The summed E-state index contributed by atoms with van der Waals surface area (Å²) in [5.74, 6) is -0.802. The van der Waals surface area contributed by atoms with E-state index in [0.717, 1.165) is 12.8 Å². The maximum atomic E-state index is 13.5. The number of halogens is 2. The van der Waals surface area contributed by atoms with Gasteiger partial charge in [-0.3, -0.25) is 0 Å². The summed E-state index contributed by atoms with van der Waals surface area (Å²) in [4.78, 5) is 0. The van der Waals surface area contributed by atoms with Crippen LogP contribution in [0, 0.1) is 18.6 Å². The highest BCUT2D eigenvalue weighted by atomic mass is 19.1. The summed E-state index contributed by atoms with van der Waals surface area (Å²) in [6, 6.07) is 2.50. The molecule has 0 heterocycles. The molecule has 0 aliphatic carbocycles.